The van der Waals surface area contributed by atoms with Crippen LogP contribution >= 0.6 is 23.8 Å². The number of rotatable bonds is 5. The van der Waals surface area contributed by atoms with Gasteiger partial charge in [0.05, 0.1) is 0 Å². The maximum atomic E-state index is 5.99. The average Bonchev–Trinajstić information content (AvgIpc) is 2.28. The Kier molecular flexibility index (Phi) is 4.33. The maximum absolute atomic E-state index is 5.99. The van der Waals surface area contributed by atoms with Crippen molar-refractivity contribution in [1.82, 2.24) is 4.90 Å². The van der Waals surface area contributed by atoms with E-state index in [0.717, 1.165) is 17.8 Å². The van der Waals surface area contributed by atoms with Crippen LogP contribution in [0.2, 0.25) is 5.02 Å². The highest BCUT2D eigenvalue weighted by Crippen LogP contribution is 2.36. The molecule has 0 atom stereocenters. The van der Waals surface area contributed by atoms with Gasteiger partial charge in [-0.05, 0) is 51.6 Å². The lowest BCUT2D eigenvalue weighted by atomic mass is 9.75. The van der Waals surface area contributed by atoms with Crippen LogP contribution in [0.5, 0.6) is 0 Å². The second kappa shape index (κ2) is 5.65. The fraction of sp³-hybridized carbons (Fsp3) is 0.500. The molecule has 3 N–H and O–H groups in total. The fourth-order valence-electron chi connectivity index (χ4n) is 2.50. The molecule has 0 bridgehead atoms. The second-order valence-electron chi connectivity index (χ2n) is 5.38. The minimum absolute atomic E-state index is 0.257. The Morgan fingerprint density at radius 1 is 1.47 bits per heavy atom. The minimum atomic E-state index is 0.257. The predicted molar refractivity (Wildman–Crippen MR) is 86.1 cm³/mol. The summed E-state index contributed by atoms with van der Waals surface area (Å²) in [6, 6.07) is 5.61. The van der Waals surface area contributed by atoms with Crippen molar-refractivity contribution in [3.8, 4) is 0 Å². The zero-order valence-corrected chi connectivity index (χ0v) is 12.9. The van der Waals surface area contributed by atoms with Gasteiger partial charge < -0.3 is 16.0 Å². The molecule has 3 nitrogen and oxygen atoms in total. The summed E-state index contributed by atoms with van der Waals surface area (Å²) >= 11 is 11.1. The number of nitrogens with one attached hydrogen (secondary N) is 1. The highest BCUT2D eigenvalue weighted by molar-refractivity contribution is 7.80. The lowest BCUT2D eigenvalue weighted by Gasteiger charge is -2.47. The van der Waals surface area contributed by atoms with Crippen molar-refractivity contribution in [3.63, 3.8) is 0 Å². The zero-order chi connectivity index (χ0) is 14.0. The molecule has 1 aliphatic carbocycles. The minimum Gasteiger partial charge on any atom is -0.389 e. The third-order valence-corrected chi connectivity index (χ3v) is 4.54. The Morgan fingerprint density at radius 3 is 2.63 bits per heavy atom. The first-order chi connectivity index (χ1) is 8.94. The van der Waals surface area contributed by atoms with Gasteiger partial charge in [-0.15, -0.1) is 0 Å². The number of hydrogen-bond acceptors (Lipinski definition) is 3. The Morgan fingerprint density at radius 2 is 2.16 bits per heavy atom. The quantitative estimate of drug-likeness (QED) is 0.820. The summed E-state index contributed by atoms with van der Waals surface area (Å²) in [5.41, 5.74) is 7.79. The summed E-state index contributed by atoms with van der Waals surface area (Å²) in [4.78, 5) is 2.68. The normalized spacial score (nSPS) is 17.1. The van der Waals surface area contributed by atoms with Crippen LogP contribution in [-0.2, 0) is 0 Å². The SMILES string of the molecule is CN(C)C1(CNc2ccc(Cl)cc2C(N)=S)CCC1. The Labute approximate surface area is 125 Å². The Hall–Kier alpha value is -0.840. The van der Waals surface area contributed by atoms with Crippen LogP contribution in [0.3, 0.4) is 0 Å². The van der Waals surface area contributed by atoms with Crippen molar-refractivity contribution in [3.05, 3.63) is 28.8 Å². The molecule has 0 radical (unpaired) electrons. The van der Waals surface area contributed by atoms with Crippen LogP contribution < -0.4 is 11.1 Å². The molecule has 19 heavy (non-hydrogen) atoms. The van der Waals surface area contributed by atoms with Crippen LogP contribution in [0.1, 0.15) is 24.8 Å². The van der Waals surface area contributed by atoms with Gasteiger partial charge in [-0.1, -0.05) is 23.8 Å². The van der Waals surface area contributed by atoms with Gasteiger partial charge >= 0.3 is 0 Å². The lowest BCUT2D eigenvalue weighted by molar-refractivity contribution is 0.0739. The van der Waals surface area contributed by atoms with E-state index in [1.54, 1.807) is 0 Å². The number of anilines is 1. The summed E-state index contributed by atoms with van der Waals surface area (Å²) in [5, 5.41) is 4.13. The molecule has 104 valence electrons. The molecular weight excluding hydrogens is 278 g/mol. The first-order valence-corrected chi connectivity index (χ1v) is 7.24. The Bertz CT molecular complexity index is 484. The first kappa shape index (κ1) is 14.6. The largest absolute Gasteiger partial charge is 0.389 e. The van der Waals surface area contributed by atoms with Crippen LogP contribution in [0.15, 0.2) is 18.2 Å². The molecule has 0 unspecified atom stereocenters. The molecule has 5 heteroatoms. The number of thiocarbonyl (C=S) groups is 1. The van der Waals surface area contributed by atoms with Gasteiger partial charge in [0.2, 0.25) is 0 Å². The number of nitrogens with zero attached hydrogens (tertiary/aromatic N) is 1. The van der Waals surface area contributed by atoms with E-state index >= 15 is 0 Å². The van der Waals surface area contributed by atoms with E-state index in [1.165, 1.54) is 19.3 Å². The number of likely N-dealkylation sites (N-methyl/N-ethyl adjacent to an activating group) is 1. The van der Waals surface area contributed by atoms with Crippen LogP contribution in [-0.4, -0.2) is 36.1 Å². The van der Waals surface area contributed by atoms with Crippen molar-refractivity contribution < 1.29 is 0 Å². The number of halogens is 1. The summed E-state index contributed by atoms with van der Waals surface area (Å²) in [5.74, 6) is 0. The van der Waals surface area contributed by atoms with Gasteiger partial charge in [-0.25, -0.2) is 0 Å². The van der Waals surface area contributed by atoms with Crippen LogP contribution in [0, 0.1) is 0 Å². The molecule has 0 aliphatic heterocycles. The molecule has 0 amide bonds. The fourth-order valence-corrected chi connectivity index (χ4v) is 2.84. The number of hydrogen-bond donors (Lipinski definition) is 2. The van der Waals surface area contributed by atoms with E-state index in [2.05, 4.69) is 24.3 Å². The molecule has 0 aromatic heterocycles. The topological polar surface area (TPSA) is 41.3 Å². The van der Waals surface area contributed by atoms with E-state index in [4.69, 9.17) is 29.6 Å². The standard InChI is InChI=1S/C14H20ClN3S/c1-18(2)14(6-3-7-14)9-17-12-5-4-10(15)8-11(12)13(16)19/h4-5,8,17H,3,6-7,9H2,1-2H3,(H2,16,19). The van der Waals surface area contributed by atoms with Crippen molar-refractivity contribution in [1.29, 1.82) is 0 Å². The van der Waals surface area contributed by atoms with Gasteiger partial charge in [-0.3, -0.25) is 0 Å². The molecule has 0 spiro atoms. The van der Waals surface area contributed by atoms with Crippen LogP contribution in [0.4, 0.5) is 5.69 Å². The smallest absolute Gasteiger partial charge is 0.106 e. The summed E-state index contributed by atoms with van der Waals surface area (Å²) in [6.07, 6.45) is 3.74. The third-order valence-electron chi connectivity index (χ3n) is 4.09. The van der Waals surface area contributed by atoms with E-state index < -0.39 is 0 Å². The molecule has 1 fully saturated rings. The summed E-state index contributed by atoms with van der Waals surface area (Å²) in [7, 11) is 4.27. The first-order valence-electron chi connectivity index (χ1n) is 6.45. The number of nitrogens with two attached hydrogens (primary N) is 1. The monoisotopic (exact) mass is 297 g/mol. The second-order valence-corrected chi connectivity index (χ2v) is 6.26. The summed E-state index contributed by atoms with van der Waals surface area (Å²) < 4.78 is 0. The lowest BCUT2D eigenvalue weighted by Crippen LogP contribution is -2.54. The van der Waals surface area contributed by atoms with Gasteiger partial charge in [0.15, 0.2) is 0 Å². The third kappa shape index (κ3) is 3.02. The van der Waals surface area contributed by atoms with Gasteiger partial charge in [0.25, 0.3) is 0 Å². The van der Waals surface area contributed by atoms with Gasteiger partial charge in [0, 0.05) is 28.4 Å². The predicted octanol–water partition coefficient (Wildman–Crippen LogP) is 2.87. The van der Waals surface area contributed by atoms with E-state index in [9.17, 15) is 0 Å². The molecule has 1 aromatic rings. The van der Waals surface area contributed by atoms with E-state index in [0.29, 0.717) is 10.0 Å². The maximum Gasteiger partial charge on any atom is 0.106 e. The zero-order valence-electron chi connectivity index (χ0n) is 11.4. The molecule has 0 saturated heterocycles. The summed E-state index contributed by atoms with van der Waals surface area (Å²) in [6.45, 7) is 0.900. The van der Waals surface area contributed by atoms with E-state index in [1.807, 2.05) is 18.2 Å². The van der Waals surface area contributed by atoms with Gasteiger partial charge in [0.1, 0.15) is 4.99 Å². The van der Waals surface area contributed by atoms with Crippen molar-refractivity contribution in [2.24, 2.45) is 5.73 Å². The highest BCUT2D eigenvalue weighted by Gasteiger charge is 2.38. The van der Waals surface area contributed by atoms with Crippen molar-refractivity contribution >= 4 is 34.5 Å². The highest BCUT2D eigenvalue weighted by atomic mass is 35.5. The average molecular weight is 298 g/mol. The molecule has 1 aromatic carbocycles. The molecule has 1 saturated carbocycles. The Balaban J connectivity index is 2.13. The molecular formula is C14H20ClN3S. The van der Waals surface area contributed by atoms with E-state index in [-0.39, 0.29) is 5.54 Å². The van der Waals surface area contributed by atoms with Crippen molar-refractivity contribution in [2.45, 2.75) is 24.8 Å². The molecule has 0 heterocycles. The van der Waals surface area contributed by atoms with Crippen LogP contribution in [0.25, 0.3) is 0 Å². The molecule has 1 aliphatic rings. The van der Waals surface area contributed by atoms with Crippen molar-refractivity contribution in [2.75, 3.05) is 26.0 Å². The van der Waals surface area contributed by atoms with Gasteiger partial charge in [-0.2, -0.15) is 0 Å². The number of benzene rings is 1. The molecule has 2 rings (SSSR count).